The Hall–Kier alpha value is -2.53. The van der Waals surface area contributed by atoms with E-state index >= 15 is 0 Å². The van der Waals surface area contributed by atoms with Crippen LogP contribution in [-0.4, -0.2) is 25.6 Å². The summed E-state index contributed by atoms with van der Waals surface area (Å²) in [5, 5.41) is 3.12. The maximum atomic E-state index is 12.0. The van der Waals surface area contributed by atoms with Crippen molar-refractivity contribution in [3.8, 4) is 5.75 Å². The number of carbonyl (C=O) groups excluding carboxylic acids is 2. The van der Waals surface area contributed by atoms with Crippen LogP contribution in [0.1, 0.15) is 16.7 Å². The molecule has 0 saturated heterocycles. The van der Waals surface area contributed by atoms with Crippen molar-refractivity contribution in [2.45, 2.75) is 20.3 Å². The van der Waals surface area contributed by atoms with Crippen LogP contribution in [0.5, 0.6) is 5.75 Å². The van der Waals surface area contributed by atoms with E-state index in [1.165, 1.54) is 7.11 Å². The third kappa shape index (κ3) is 5.22. The molecule has 5 nitrogen and oxygen atoms in total. The molecule has 0 heterocycles. The first-order valence-corrected chi connectivity index (χ1v) is 8.12. The number of anilines is 1. The van der Waals surface area contributed by atoms with Gasteiger partial charge in [0.2, 0.25) is 0 Å². The highest BCUT2D eigenvalue weighted by Crippen LogP contribution is 2.27. The molecular weight excluding hydrogens is 342 g/mol. The van der Waals surface area contributed by atoms with Gasteiger partial charge >= 0.3 is 5.97 Å². The van der Waals surface area contributed by atoms with E-state index in [1.54, 1.807) is 24.3 Å². The van der Waals surface area contributed by atoms with Gasteiger partial charge in [0.15, 0.2) is 6.61 Å². The second-order valence-electron chi connectivity index (χ2n) is 5.64. The second-order valence-corrected chi connectivity index (χ2v) is 6.04. The Labute approximate surface area is 151 Å². The Kier molecular flexibility index (Phi) is 6.42. The average Bonchev–Trinajstić information content (AvgIpc) is 2.56. The van der Waals surface area contributed by atoms with Gasteiger partial charge in [-0.15, -0.1) is 0 Å². The van der Waals surface area contributed by atoms with E-state index < -0.39 is 11.9 Å². The molecule has 1 amide bonds. The van der Waals surface area contributed by atoms with Crippen molar-refractivity contribution >= 4 is 29.2 Å². The molecule has 0 aliphatic carbocycles. The molecule has 25 heavy (non-hydrogen) atoms. The van der Waals surface area contributed by atoms with Crippen molar-refractivity contribution in [1.82, 2.24) is 0 Å². The Balaban J connectivity index is 1.91. The highest BCUT2D eigenvalue weighted by Gasteiger charge is 2.13. The number of ether oxygens (including phenoxy) is 2. The van der Waals surface area contributed by atoms with E-state index in [1.807, 2.05) is 26.0 Å². The Morgan fingerprint density at radius 2 is 1.88 bits per heavy atom. The highest BCUT2D eigenvalue weighted by atomic mass is 35.5. The average molecular weight is 362 g/mol. The number of esters is 1. The number of para-hydroxylation sites is 1. The molecule has 0 bridgehead atoms. The van der Waals surface area contributed by atoms with Crippen molar-refractivity contribution in [2.24, 2.45) is 0 Å². The first-order chi connectivity index (χ1) is 11.9. The number of amides is 1. The van der Waals surface area contributed by atoms with Crippen molar-refractivity contribution in [3.05, 3.63) is 58.1 Å². The van der Waals surface area contributed by atoms with Gasteiger partial charge in [0.1, 0.15) is 5.75 Å². The molecule has 0 aromatic heterocycles. The molecule has 0 saturated carbocycles. The van der Waals surface area contributed by atoms with E-state index in [2.05, 4.69) is 5.32 Å². The summed E-state index contributed by atoms with van der Waals surface area (Å²) in [4.78, 5) is 23.9. The van der Waals surface area contributed by atoms with Gasteiger partial charge < -0.3 is 14.8 Å². The van der Waals surface area contributed by atoms with Crippen molar-refractivity contribution < 1.29 is 19.1 Å². The first kappa shape index (κ1) is 18.8. The third-order valence-corrected chi connectivity index (χ3v) is 3.89. The summed E-state index contributed by atoms with van der Waals surface area (Å²) in [7, 11) is 1.53. The number of hydrogen-bond donors (Lipinski definition) is 1. The van der Waals surface area contributed by atoms with Gasteiger partial charge in [0.25, 0.3) is 5.91 Å². The lowest BCUT2D eigenvalue weighted by molar-refractivity contribution is -0.146. The van der Waals surface area contributed by atoms with E-state index in [-0.39, 0.29) is 13.0 Å². The Morgan fingerprint density at radius 3 is 2.56 bits per heavy atom. The van der Waals surface area contributed by atoms with Crippen molar-refractivity contribution in [2.75, 3.05) is 19.0 Å². The monoisotopic (exact) mass is 361 g/mol. The summed E-state index contributed by atoms with van der Waals surface area (Å²) in [5.74, 6) is -0.348. The molecule has 0 aliphatic rings. The van der Waals surface area contributed by atoms with Gasteiger partial charge in [0.05, 0.1) is 24.2 Å². The fourth-order valence-electron chi connectivity index (χ4n) is 2.45. The van der Waals surface area contributed by atoms with Crippen LogP contribution in [0, 0.1) is 13.8 Å². The lowest BCUT2D eigenvalue weighted by Gasteiger charge is -2.12. The number of hydrogen-bond acceptors (Lipinski definition) is 4. The lowest BCUT2D eigenvalue weighted by Crippen LogP contribution is -2.22. The zero-order valence-corrected chi connectivity index (χ0v) is 15.1. The zero-order chi connectivity index (χ0) is 18.4. The second kappa shape index (κ2) is 8.53. The lowest BCUT2D eigenvalue weighted by atomic mass is 10.1. The van der Waals surface area contributed by atoms with Crippen LogP contribution in [0.4, 0.5) is 5.69 Å². The van der Waals surface area contributed by atoms with Gasteiger partial charge in [-0.3, -0.25) is 9.59 Å². The number of carbonyl (C=O) groups is 2. The van der Waals surface area contributed by atoms with Crippen molar-refractivity contribution in [1.29, 1.82) is 0 Å². The summed E-state index contributed by atoms with van der Waals surface area (Å²) >= 11 is 6.15. The van der Waals surface area contributed by atoms with Gasteiger partial charge in [-0.25, -0.2) is 0 Å². The molecule has 0 spiro atoms. The van der Waals surface area contributed by atoms with E-state index in [9.17, 15) is 9.59 Å². The molecule has 2 aromatic carbocycles. The summed E-state index contributed by atoms with van der Waals surface area (Å²) in [6.07, 6.45) is 0.0294. The molecule has 2 rings (SSSR count). The van der Waals surface area contributed by atoms with Crippen LogP contribution in [-0.2, 0) is 20.7 Å². The number of nitrogens with one attached hydrogen (secondary N) is 1. The zero-order valence-electron chi connectivity index (χ0n) is 14.4. The maximum Gasteiger partial charge on any atom is 0.310 e. The SMILES string of the molecule is COc1ccccc1CC(=O)OCC(=O)Nc1c(C)cc(C)cc1Cl. The Bertz CT molecular complexity index is 766. The van der Waals surface area contributed by atoms with Crippen LogP contribution in [0.25, 0.3) is 0 Å². The molecule has 0 aliphatic heterocycles. The molecule has 6 heteroatoms. The number of benzene rings is 2. The molecule has 132 valence electrons. The largest absolute Gasteiger partial charge is 0.496 e. The molecule has 0 atom stereocenters. The molecule has 0 fully saturated rings. The topological polar surface area (TPSA) is 64.6 Å². The van der Waals surface area contributed by atoms with E-state index in [0.717, 1.165) is 11.1 Å². The number of aryl methyl sites for hydroxylation is 2. The normalized spacial score (nSPS) is 10.2. The molecule has 0 unspecified atom stereocenters. The first-order valence-electron chi connectivity index (χ1n) is 7.75. The smallest absolute Gasteiger partial charge is 0.310 e. The fourth-order valence-corrected chi connectivity index (χ4v) is 2.82. The number of halogens is 1. The fraction of sp³-hybridized carbons (Fsp3) is 0.263. The number of rotatable bonds is 6. The molecular formula is C19H20ClNO4. The van der Waals surface area contributed by atoms with Gasteiger partial charge in [-0.05, 0) is 37.1 Å². The standard InChI is InChI=1S/C19H20ClNO4/c1-12-8-13(2)19(15(20)9-12)21-17(22)11-25-18(23)10-14-6-4-5-7-16(14)24-3/h4-9H,10-11H2,1-3H3,(H,21,22). The van der Waals surface area contributed by atoms with Gasteiger partial charge in [-0.2, -0.15) is 0 Å². The maximum absolute atomic E-state index is 12.0. The quantitative estimate of drug-likeness (QED) is 0.797. The van der Waals surface area contributed by atoms with Crippen molar-refractivity contribution in [3.63, 3.8) is 0 Å². The summed E-state index contributed by atoms with van der Waals surface area (Å²) in [6.45, 7) is 3.39. The van der Waals surface area contributed by atoms with E-state index in [4.69, 9.17) is 21.1 Å². The molecule has 2 aromatic rings. The molecule has 1 N–H and O–H groups in total. The van der Waals surface area contributed by atoms with Crippen LogP contribution in [0.2, 0.25) is 5.02 Å². The highest BCUT2D eigenvalue weighted by molar-refractivity contribution is 6.34. The predicted octanol–water partition coefficient (Wildman–Crippen LogP) is 3.69. The number of methoxy groups -OCH3 is 1. The summed E-state index contributed by atoms with van der Waals surface area (Å²) in [5.41, 5.74) is 3.08. The van der Waals surface area contributed by atoms with Gasteiger partial charge in [0, 0.05) is 5.56 Å². The minimum absolute atomic E-state index is 0.0294. The predicted molar refractivity (Wildman–Crippen MR) is 97.2 cm³/mol. The molecule has 0 radical (unpaired) electrons. The minimum atomic E-state index is -0.508. The third-order valence-electron chi connectivity index (χ3n) is 3.59. The van der Waals surface area contributed by atoms with Crippen LogP contribution in [0.15, 0.2) is 36.4 Å². The van der Waals surface area contributed by atoms with Gasteiger partial charge in [-0.1, -0.05) is 35.9 Å². The van der Waals surface area contributed by atoms with E-state index in [0.29, 0.717) is 22.0 Å². The van der Waals surface area contributed by atoms with Crippen LogP contribution >= 0.6 is 11.6 Å². The van der Waals surface area contributed by atoms with Crippen LogP contribution in [0.3, 0.4) is 0 Å². The summed E-state index contributed by atoms with van der Waals surface area (Å²) in [6, 6.07) is 10.8. The van der Waals surface area contributed by atoms with Crippen LogP contribution < -0.4 is 10.1 Å². The minimum Gasteiger partial charge on any atom is -0.496 e. The Morgan fingerprint density at radius 1 is 1.16 bits per heavy atom. The summed E-state index contributed by atoms with van der Waals surface area (Å²) < 4.78 is 10.2.